The average Bonchev–Trinajstić information content (AvgIpc) is 1.84. The molecule has 1 unspecified atom stereocenters. The second kappa shape index (κ2) is 5.41. The van der Waals surface area contributed by atoms with Crippen molar-refractivity contribution < 1.29 is 13.2 Å². The first-order chi connectivity index (χ1) is 5.49. The predicted octanol–water partition coefficient (Wildman–Crippen LogP) is 2.70. The molecule has 0 heterocycles. The molecule has 0 saturated heterocycles. The number of hydrogen-bond acceptors (Lipinski definition) is 1. The normalized spacial score (nSPS) is 14.8. The molecule has 2 N–H and O–H groups in total. The van der Waals surface area contributed by atoms with Crippen LogP contribution in [-0.4, -0.2) is 12.7 Å². The summed E-state index contributed by atoms with van der Waals surface area (Å²) in [5.74, 6) is -0.278. The highest BCUT2D eigenvalue weighted by Crippen LogP contribution is 2.28. The maximum Gasteiger partial charge on any atom is 0.389 e. The summed E-state index contributed by atoms with van der Waals surface area (Å²) in [6, 6.07) is 0. The Morgan fingerprint density at radius 1 is 1.25 bits per heavy atom. The van der Waals surface area contributed by atoms with E-state index in [2.05, 4.69) is 0 Å². The zero-order chi connectivity index (χ0) is 9.61. The Bertz CT molecular complexity index is 105. The van der Waals surface area contributed by atoms with E-state index in [1.165, 1.54) is 0 Å². The van der Waals surface area contributed by atoms with Gasteiger partial charge in [0.15, 0.2) is 0 Å². The molecule has 0 saturated carbocycles. The van der Waals surface area contributed by atoms with Crippen LogP contribution in [-0.2, 0) is 0 Å². The van der Waals surface area contributed by atoms with Gasteiger partial charge >= 0.3 is 6.18 Å². The van der Waals surface area contributed by atoms with Gasteiger partial charge in [-0.1, -0.05) is 19.8 Å². The molecule has 12 heavy (non-hydrogen) atoms. The van der Waals surface area contributed by atoms with Crippen LogP contribution < -0.4 is 5.73 Å². The summed E-state index contributed by atoms with van der Waals surface area (Å²) < 4.78 is 35.7. The van der Waals surface area contributed by atoms with Crippen molar-refractivity contribution in [3.63, 3.8) is 0 Å². The molecule has 0 fully saturated rings. The molecule has 0 bridgehead atoms. The molecule has 0 aromatic rings. The topological polar surface area (TPSA) is 26.0 Å². The van der Waals surface area contributed by atoms with Crippen LogP contribution in [0.25, 0.3) is 0 Å². The van der Waals surface area contributed by atoms with Crippen LogP contribution in [0.3, 0.4) is 0 Å². The SMILES string of the molecule is CCCC(CCN)CC(F)(F)F. The van der Waals surface area contributed by atoms with E-state index in [1.54, 1.807) is 0 Å². The summed E-state index contributed by atoms with van der Waals surface area (Å²) in [5, 5.41) is 0. The molecule has 0 aliphatic carbocycles. The fourth-order valence-electron chi connectivity index (χ4n) is 1.32. The Morgan fingerprint density at radius 3 is 2.17 bits per heavy atom. The highest BCUT2D eigenvalue weighted by atomic mass is 19.4. The third-order valence-electron chi connectivity index (χ3n) is 1.79. The molecule has 74 valence electrons. The first-order valence-corrected chi connectivity index (χ1v) is 4.26. The molecule has 4 heteroatoms. The number of hydrogen-bond donors (Lipinski definition) is 1. The van der Waals surface area contributed by atoms with Gasteiger partial charge in [-0.25, -0.2) is 0 Å². The molecule has 0 radical (unpaired) electrons. The van der Waals surface area contributed by atoms with Crippen LogP contribution in [0, 0.1) is 5.92 Å². The zero-order valence-corrected chi connectivity index (χ0v) is 7.32. The van der Waals surface area contributed by atoms with Gasteiger partial charge in [-0.3, -0.25) is 0 Å². The van der Waals surface area contributed by atoms with Crippen molar-refractivity contribution in [1.82, 2.24) is 0 Å². The summed E-state index contributed by atoms with van der Waals surface area (Å²) in [6.45, 7) is 2.24. The van der Waals surface area contributed by atoms with Crippen molar-refractivity contribution in [2.45, 2.75) is 38.8 Å². The lowest BCUT2D eigenvalue weighted by molar-refractivity contribution is -0.145. The third-order valence-corrected chi connectivity index (χ3v) is 1.79. The average molecular weight is 183 g/mol. The van der Waals surface area contributed by atoms with E-state index >= 15 is 0 Å². The second-order valence-electron chi connectivity index (χ2n) is 3.05. The van der Waals surface area contributed by atoms with Gasteiger partial charge in [-0.2, -0.15) is 13.2 Å². The Balaban J connectivity index is 3.77. The lowest BCUT2D eigenvalue weighted by Gasteiger charge is -2.16. The second-order valence-corrected chi connectivity index (χ2v) is 3.05. The van der Waals surface area contributed by atoms with Gasteiger partial charge in [0.2, 0.25) is 0 Å². The Morgan fingerprint density at radius 2 is 1.83 bits per heavy atom. The minimum Gasteiger partial charge on any atom is -0.330 e. The number of halogens is 3. The van der Waals surface area contributed by atoms with E-state index < -0.39 is 12.6 Å². The third kappa shape index (κ3) is 6.46. The van der Waals surface area contributed by atoms with Crippen molar-refractivity contribution in [2.75, 3.05) is 6.54 Å². The molecule has 0 aromatic carbocycles. The maximum atomic E-state index is 11.9. The Labute approximate surface area is 71.1 Å². The van der Waals surface area contributed by atoms with Crippen molar-refractivity contribution >= 4 is 0 Å². The standard InChI is InChI=1S/C8H16F3N/c1-2-3-7(4-5-12)6-8(9,10)11/h7H,2-6,12H2,1H3. The fourth-order valence-corrected chi connectivity index (χ4v) is 1.32. The van der Waals surface area contributed by atoms with Crippen LogP contribution in [0.15, 0.2) is 0 Å². The van der Waals surface area contributed by atoms with E-state index in [9.17, 15) is 13.2 Å². The molecule has 1 nitrogen and oxygen atoms in total. The van der Waals surface area contributed by atoms with Gasteiger partial charge in [0.1, 0.15) is 0 Å². The van der Waals surface area contributed by atoms with Gasteiger partial charge in [0.25, 0.3) is 0 Å². The Kier molecular flexibility index (Phi) is 5.29. The highest BCUT2D eigenvalue weighted by Gasteiger charge is 2.30. The van der Waals surface area contributed by atoms with Crippen LogP contribution in [0.4, 0.5) is 13.2 Å². The molecule has 0 aliphatic rings. The molecule has 0 aromatic heterocycles. The van der Waals surface area contributed by atoms with Gasteiger partial charge in [0, 0.05) is 6.42 Å². The monoisotopic (exact) mass is 183 g/mol. The lowest BCUT2D eigenvalue weighted by Crippen LogP contribution is -2.18. The van der Waals surface area contributed by atoms with Crippen molar-refractivity contribution in [3.8, 4) is 0 Å². The molecular weight excluding hydrogens is 167 g/mol. The van der Waals surface area contributed by atoms with Gasteiger partial charge in [-0.05, 0) is 18.9 Å². The molecule has 1 atom stereocenters. The van der Waals surface area contributed by atoms with Gasteiger partial charge in [-0.15, -0.1) is 0 Å². The summed E-state index contributed by atoms with van der Waals surface area (Å²) >= 11 is 0. The first-order valence-electron chi connectivity index (χ1n) is 4.26. The molecule has 0 amide bonds. The quantitative estimate of drug-likeness (QED) is 0.696. The summed E-state index contributed by atoms with van der Waals surface area (Å²) in [5.41, 5.74) is 5.21. The summed E-state index contributed by atoms with van der Waals surface area (Å²) in [7, 11) is 0. The Hall–Kier alpha value is -0.250. The maximum absolute atomic E-state index is 11.9. The number of alkyl halides is 3. The number of nitrogens with two attached hydrogens (primary N) is 1. The van der Waals surface area contributed by atoms with Gasteiger partial charge < -0.3 is 5.73 Å². The lowest BCUT2D eigenvalue weighted by atomic mass is 9.96. The van der Waals surface area contributed by atoms with Crippen LogP contribution in [0.1, 0.15) is 32.6 Å². The number of rotatable bonds is 5. The largest absolute Gasteiger partial charge is 0.389 e. The fraction of sp³-hybridized carbons (Fsp3) is 1.00. The van der Waals surface area contributed by atoms with Crippen molar-refractivity contribution in [3.05, 3.63) is 0 Å². The van der Waals surface area contributed by atoms with Crippen LogP contribution >= 0.6 is 0 Å². The minimum atomic E-state index is -4.03. The van der Waals surface area contributed by atoms with E-state index in [1.807, 2.05) is 6.92 Å². The molecule has 0 spiro atoms. The summed E-state index contributed by atoms with van der Waals surface area (Å²) in [4.78, 5) is 0. The van der Waals surface area contributed by atoms with E-state index in [0.29, 0.717) is 19.4 Å². The van der Waals surface area contributed by atoms with Crippen molar-refractivity contribution in [2.24, 2.45) is 11.7 Å². The molecule has 0 aliphatic heterocycles. The highest BCUT2D eigenvalue weighted by molar-refractivity contribution is 4.64. The van der Waals surface area contributed by atoms with E-state index in [4.69, 9.17) is 5.73 Å². The van der Waals surface area contributed by atoms with E-state index in [-0.39, 0.29) is 5.92 Å². The first kappa shape index (κ1) is 11.8. The minimum absolute atomic E-state index is 0.278. The van der Waals surface area contributed by atoms with Crippen LogP contribution in [0.2, 0.25) is 0 Å². The van der Waals surface area contributed by atoms with Crippen molar-refractivity contribution in [1.29, 1.82) is 0 Å². The zero-order valence-electron chi connectivity index (χ0n) is 7.32. The molecule has 0 rings (SSSR count). The van der Waals surface area contributed by atoms with Gasteiger partial charge in [0.05, 0.1) is 0 Å². The smallest absolute Gasteiger partial charge is 0.330 e. The predicted molar refractivity (Wildman–Crippen MR) is 42.7 cm³/mol. The van der Waals surface area contributed by atoms with Crippen LogP contribution in [0.5, 0.6) is 0 Å². The summed E-state index contributed by atoms with van der Waals surface area (Å²) in [6.07, 6.45) is -2.82. The van der Waals surface area contributed by atoms with E-state index in [0.717, 1.165) is 6.42 Å². The molecular formula is C8H16F3N.